The SMILES string of the molecule is Cc1cccc(C(=O)Nc2cc(F)cc(CN3CCN(C(=O)C4CCCC4)C(C)C3)c2C)n1. The number of anilines is 1. The zero-order chi connectivity index (χ0) is 23.5. The molecule has 0 bridgehead atoms. The minimum absolute atomic E-state index is 0.132. The van der Waals surface area contributed by atoms with Gasteiger partial charge in [-0.1, -0.05) is 18.9 Å². The van der Waals surface area contributed by atoms with Gasteiger partial charge < -0.3 is 10.2 Å². The highest BCUT2D eigenvalue weighted by atomic mass is 19.1. The number of hydrogen-bond donors (Lipinski definition) is 1. The first-order chi connectivity index (χ1) is 15.8. The normalized spacial score (nSPS) is 19.6. The largest absolute Gasteiger partial charge is 0.337 e. The second-order valence-electron chi connectivity index (χ2n) is 9.45. The van der Waals surface area contributed by atoms with Crippen LogP contribution in [-0.2, 0) is 11.3 Å². The first kappa shape index (κ1) is 23.4. The zero-order valence-electron chi connectivity index (χ0n) is 19.7. The van der Waals surface area contributed by atoms with Gasteiger partial charge in [0.25, 0.3) is 5.91 Å². The third-order valence-corrected chi connectivity index (χ3v) is 6.94. The first-order valence-corrected chi connectivity index (χ1v) is 11.9. The van der Waals surface area contributed by atoms with E-state index in [1.54, 1.807) is 12.1 Å². The van der Waals surface area contributed by atoms with Crippen molar-refractivity contribution in [3.05, 3.63) is 58.7 Å². The summed E-state index contributed by atoms with van der Waals surface area (Å²) in [6, 6.07) is 8.27. The number of aryl methyl sites for hydroxylation is 1. The molecule has 2 fully saturated rings. The number of carbonyl (C=O) groups excluding carboxylic acids is 2. The summed E-state index contributed by atoms with van der Waals surface area (Å²) in [6.45, 7) is 8.61. The highest BCUT2D eigenvalue weighted by Crippen LogP contribution is 2.29. The predicted octanol–water partition coefficient (Wildman–Crippen LogP) is 4.31. The number of benzene rings is 1. The molecule has 6 nitrogen and oxygen atoms in total. The molecule has 2 aromatic rings. The Morgan fingerprint density at radius 1 is 1.15 bits per heavy atom. The molecule has 0 spiro atoms. The van der Waals surface area contributed by atoms with Crippen molar-refractivity contribution in [2.45, 2.75) is 59.0 Å². The van der Waals surface area contributed by atoms with Crippen molar-refractivity contribution in [1.82, 2.24) is 14.8 Å². The van der Waals surface area contributed by atoms with Gasteiger partial charge in [-0.2, -0.15) is 0 Å². The quantitative estimate of drug-likeness (QED) is 0.734. The molecule has 1 aromatic heterocycles. The fourth-order valence-electron chi connectivity index (χ4n) is 5.04. The summed E-state index contributed by atoms with van der Waals surface area (Å²) < 4.78 is 14.5. The lowest BCUT2D eigenvalue weighted by molar-refractivity contribution is -0.140. The Morgan fingerprint density at radius 2 is 1.91 bits per heavy atom. The number of rotatable bonds is 5. The van der Waals surface area contributed by atoms with Crippen LogP contribution in [0.25, 0.3) is 0 Å². The molecule has 2 amide bonds. The Kier molecular flexibility index (Phi) is 7.08. The number of pyridine rings is 1. The average Bonchev–Trinajstić information content (AvgIpc) is 3.31. The fourth-order valence-corrected chi connectivity index (χ4v) is 5.04. The molecule has 7 heteroatoms. The smallest absolute Gasteiger partial charge is 0.274 e. The molecule has 176 valence electrons. The fraction of sp³-hybridized carbons (Fsp3) is 0.500. The van der Waals surface area contributed by atoms with Crippen LogP contribution in [0.4, 0.5) is 10.1 Å². The van der Waals surface area contributed by atoms with Crippen LogP contribution in [0.1, 0.15) is 59.9 Å². The lowest BCUT2D eigenvalue weighted by atomic mass is 10.0. The maximum atomic E-state index is 14.5. The average molecular weight is 453 g/mol. The Balaban J connectivity index is 1.43. The maximum absolute atomic E-state index is 14.5. The molecule has 1 N–H and O–H groups in total. The van der Waals surface area contributed by atoms with Crippen molar-refractivity contribution < 1.29 is 14.0 Å². The van der Waals surface area contributed by atoms with Crippen LogP contribution in [0.15, 0.2) is 30.3 Å². The maximum Gasteiger partial charge on any atom is 0.274 e. The Bertz CT molecular complexity index is 1030. The van der Waals surface area contributed by atoms with E-state index in [0.29, 0.717) is 30.4 Å². The van der Waals surface area contributed by atoms with Crippen LogP contribution in [0.3, 0.4) is 0 Å². The van der Waals surface area contributed by atoms with E-state index in [-0.39, 0.29) is 23.7 Å². The first-order valence-electron chi connectivity index (χ1n) is 11.9. The second kappa shape index (κ2) is 10.00. The molecule has 2 aliphatic rings. The molecular weight excluding hydrogens is 419 g/mol. The predicted molar refractivity (Wildman–Crippen MR) is 126 cm³/mol. The minimum Gasteiger partial charge on any atom is -0.337 e. The molecule has 1 atom stereocenters. The van der Waals surface area contributed by atoms with Gasteiger partial charge in [0.15, 0.2) is 0 Å². The number of nitrogens with zero attached hydrogens (tertiary/aromatic N) is 3. The van der Waals surface area contributed by atoms with Crippen molar-refractivity contribution in [3.8, 4) is 0 Å². The van der Waals surface area contributed by atoms with Gasteiger partial charge in [0.2, 0.25) is 5.91 Å². The summed E-state index contributed by atoms with van der Waals surface area (Å²) in [7, 11) is 0. The molecule has 4 rings (SSSR count). The molecule has 1 saturated heterocycles. The van der Waals surface area contributed by atoms with Crippen LogP contribution < -0.4 is 5.32 Å². The van der Waals surface area contributed by atoms with Gasteiger partial charge in [0, 0.05) is 49.5 Å². The van der Waals surface area contributed by atoms with E-state index in [0.717, 1.165) is 55.6 Å². The van der Waals surface area contributed by atoms with Crippen molar-refractivity contribution >= 4 is 17.5 Å². The number of carbonyl (C=O) groups is 2. The van der Waals surface area contributed by atoms with Gasteiger partial charge in [-0.25, -0.2) is 9.37 Å². The number of hydrogen-bond acceptors (Lipinski definition) is 4. The summed E-state index contributed by atoms with van der Waals surface area (Å²) in [6.07, 6.45) is 4.34. The summed E-state index contributed by atoms with van der Waals surface area (Å²) in [5.41, 5.74) is 3.19. The van der Waals surface area contributed by atoms with E-state index in [1.807, 2.05) is 24.8 Å². The summed E-state index contributed by atoms with van der Waals surface area (Å²) in [5, 5.41) is 2.82. The van der Waals surface area contributed by atoms with Crippen LogP contribution in [-0.4, -0.2) is 52.3 Å². The van der Waals surface area contributed by atoms with Gasteiger partial charge in [0.05, 0.1) is 0 Å². The lowest BCUT2D eigenvalue weighted by Crippen LogP contribution is -2.54. The Morgan fingerprint density at radius 3 is 2.61 bits per heavy atom. The number of piperazine rings is 1. The van der Waals surface area contributed by atoms with Crippen molar-refractivity contribution in [2.24, 2.45) is 5.92 Å². The Labute approximate surface area is 195 Å². The van der Waals surface area contributed by atoms with E-state index in [9.17, 15) is 14.0 Å². The van der Waals surface area contributed by atoms with Crippen LogP contribution in [0.2, 0.25) is 0 Å². The number of aromatic nitrogens is 1. The van der Waals surface area contributed by atoms with E-state index >= 15 is 0 Å². The molecule has 1 unspecified atom stereocenters. The van der Waals surface area contributed by atoms with E-state index in [2.05, 4.69) is 22.1 Å². The van der Waals surface area contributed by atoms with Gasteiger partial charge in [-0.3, -0.25) is 14.5 Å². The van der Waals surface area contributed by atoms with Crippen molar-refractivity contribution in [1.29, 1.82) is 0 Å². The molecule has 1 aromatic carbocycles. The summed E-state index contributed by atoms with van der Waals surface area (Å²) >= 11 is 0. The molecule has 1 saturated carbocycles. The number of amides is 2. The molecular formula is C26H33FN4O2. The van der Waals surface area contributed by atoms with Crippen LogP contribution in [0, 0.1) is 25.6 Å². The highest BCUT2D eigenvalue weighted by Gasteiger charge is 2.33. The molecule has 2 heterocycles. The second-order valence-corrected chi connectivity index (χ2v) is 9.45. The van der Waals surface area contributed by atoms with Crippen molar-refractivity contribution in [2.75, 3.05) is 25.0 Å². The zero-order valence-corrected chi connectivity index (χ0v) is 19.7. The third-order valence-electron chi connectivity index (χ3n) is 6.94. The minimum atomic E-state index is -0.383. The monoisotopic (exact) mass is 452 g/mol. The summed E-state index contributed by atoms with van der Waals surface area (Å²) in [4.78, 5) is 34.1. The van der Waals surface area contributed by atoms with Gasteiger partial charge >= 0.3 is 0 Å². The topological polar surface area (TPSA) is 65.5 Å². The molecule has 1 aliphatic heterocycles. The van der Waals surface area contributed by atoms with Crippen molar-refractivity contribution in [3.63, 3.8) is 0 Å². The van der Waals surface area contributed by atoms with E-state index in [1.165, 1.54) is 12.1 Å². The molecule has 33 heavy (non-hydrogen) atoms. The lowest BCUT2D eigenvalue weighted by Gasteiger charge is -2.41. The highest BCUT2D eigenvalue weighted by molar-refractivity contribution is 6.03. The molecule has 1 aliphatic carbocycles. The summed E-state index contributed by atoms with van der Waals surface area (Å²) in [5.74, 6) is -0.243. The number of halogens is 1. The third kappa shape index (κ3) is 5.41. The standard InChI is InChI=1S/C26H33FN4O2/c1-17-7-6-10-23(28-17)25(32)29-24-14-22(27)13-21(19(24)3)16-30-11-12-31(18(2)15-30)26(33)20-8-4-5-9-20/h6-7,10,13-14,18,20H,4-5,8-9,11-12,15-16H2,1-3H3,(H,29,32). The van der Waals surface area contributed by atoms with Gasteiger partial charge in [-0.05, 0) is 69.0 Å². The van der Waals surface area contributed by atoms with Gasteiger partial charge in [0.1, 0.15) is 11.5 Å². The van der Waals surface area contributed by atoms with Crippen LogP contribution >= 0.6 is 0 Å². The Hall–Kier alpha value is -2.80. The van der Waals surface area contributed by atoms with E-state index < -0.39 is 0 Å². The van der Waals surface area contributed by atoms with E-state index in [4.69, 9.17) is 0 Å². The number of nitrogens with one attached hydrogen (secondary N) is 1. The van der Waals surface area contributed by atoms with Crippen LogP contribution in [0.5, 0.6) is 0 Å². The van der Waals surface area contributed by atoms with Gasteiger partial charge in [-0.15, -0.1) is 0 Å². The molecule has 0 radical (unpaired) electrons.